The number of nitrogens with one attached hydrogen (secondary N) is 2. The van der Waals surface area contributed by atoms with E-state index in [2.05, 4.69) is 20.7 Å². The fourth-order valence-corrected chi connectivity index (χ4v) is 1.54. The number of amides is 2. The number of hydrogen-bond acceptors (Lipinski definition) is 2. The largest absolute Gasteiger partial charge is 0.323 e. The molecule has 0 heterocycles. The molecule has 0 bridgehead atoms. The maximum Gasteiger partial charge on any atom is 0.323 e. The molecule has 0 radical (unpaired) electrons. The van der Waals surface area contributed by atoms with Gasteiger partial charge in [0, 0.05) is 16.3 Å². The lowest BCUT2D eigenvalue weighted by atomic mass is 10.2. The lowest BCUT2D eigenvalue weighted by Crippen LogP contribution is -2.19. The second-order valence-corrected chi connectivity index (χ2v) is 3.94. The number of urea groups is 1. The zero-order valence-electron chi connectivity index (χ0n) is 10.5. The molecule has 0 fully saturated rings. The Bertz CT molecular complexity index is 711. The molecular weight excluding hydrogens is 280 g/mol. The first-order valence-electron chi connectivity index (χ1n) is 5.77. The van der Waals surface area contributed by atoms with Gasteiger partial charge in [0.15, 0.2) is 0 Å². The van der Waals surface area contributed by atoms with Crippen LogP contribution in [0.4, 0.5) is 30.6 Å². The summed E-state index contributed by atoms with van der Waals surface area (Å²) in [4.78, 5) is 14.1. The van der Waals surface area contributed by atoms with Crippen LogP contribution in [0, 0.1) is 11.6 Å². The van der Waals surface area contributed by atoms with Gasteiger partial charge < -0.3 is 10.6 Å². The lowest BCUT2D eigenvalue weighted by Gasteiger charge is -2.08. The molecule has 8 heteroatoms. The Morgan fingerprint density at radius 1 is 1.05 bits per heavy atom. The molecule has 0 saturated heterocycles. The van der Waals surface area contributed by atoms with Gasteiger partial charge in [0.05, 0.1) is 5.69 Å². The van der Waals surface area contributed by atoms with E-state index in [1.807, 2.05) is 0 Å². The summed E-state index contributed by atoms with van der Waals surface area (Å²) in [5, 5.41) is 8.00. The number of carbonyl (C=O) groups is 1. The topological polar surface area (TPSA) is 89.9 Å². The molecule has 0 spiro atoms. The summed E-state index contributed by atoms with van der Waals surface area (Å²) < 4.78 is 26.2. The molecule has 2 aromatic carbocycles. The highest BCUT2D eigenvalue weighted by Crippen LogP contribution is 2.21. The Morgan fingerprint density at radius 3 is 2.29 bits per heavy atom. The minimum Gasteiger partial charge on any atom is -0.308 e. The molecule has 0 aliphatic rings. The molecule has 0 saturated carbocycles. The molecule has 0 atom stereocenters. The van der Waals surface area contributed by atoms with Crippen LogP contribution in [0.15, 0.2) is 47.6 Å². The Morgan fingerprint density at radius 2 is 1.67 bits per heavy atom. The maximum absolute atomic E-state index is 13.5. The standard InChI is InChI=1S/C13H9F2N5O/c14-8-1-3-9(4-2-8)17-13(21)18-10-5-6-12(19-20-16)11(15)7-10/h1-7H,(H2,17,18,21). The van der Waals surface area contributed by atoms with Crippen molar-refractivity contribution in [1.29, 1.82) is 0 Å². The van der Waals surface area contributed by atoms with Crippen LogP contribution in [0.1, 0.15) is 0 Å². The van der Waals surface area contributed by atoms with E-state index in [-0.39, 0.29) is 11.4 Å². The third-order valence-corrected chi connectivity index (χ3v) is 2.46. The minimum atomic E-state index is -0.757. The van der Waals surface area contributed by atoms with Gasteiger partial charge >= 0.3 is 6.03 Å². The lowest BCUT2D eigenvalue weighted by molar-refractivity contribution is 0.262. The molecule has 0 aromatic heterocycles. The van der Waals surface area contributed by atoms with Gasteiger partial charge in [-0.1, -0.05) is 5.11 Å². The molecule has 2 rings (SSSR count). The van der Waals surface area contributed by atoms with Gasteiger partial charge in [0.25, 0.3) is 0 Å². The van der Waals surface area contributed by atoms with Crippen molar-refractivity contribution in [1.82, 2.24) is 0 Å². The molecule has 21 heavy (non-hydrogen) atoms. The van der Waals surface area contributed by atoms with Crippen molar-refractivity contribution in [2.24, 2.45) is 5.11 Å². The van der Waals surface area contributed by atoms with Crippen molar-refractivity contribution in [3.05, 3.63) is 64.5 Å². The number of carbonyl (C=O) groups excluding carboxylic acids is 1. The van der Waals surface area contributed by atoms with Crippen LogP contribution in [0.3, 0.4) is 0 Å². The third-order valence-electron chi connectivity index (χ3n) is 2.46. The fraction of sp³-hybridized carbons (Fsp3) is 0. The molecule has 2 N–H and O–H groups in total. The highest BCUT2D eigenvalue weighted by molar-refractivity contribution is 5.99. The van der Waals surface area contributed by atoms with Gasteiger partial charge in [-0.15, -0.1) is 0 Å². The van der Waals surface area contributed by atoms with Gasteiger partial charge in [-0.2, -0.15) is 0 Å². The maximum atomic E-state index is 13.5. The molecule has 0 aliphatic carbocycles. The second kappa shape index (κ2) is 6.36. The normalized spacial score (nSPS) is 9.62. The van der Waals surface area contributed by atoms with E-state index < -0.39 is 17.7 Å². The van der Waals surface area contributed by atoms with Crippen LogP contribution in [-0.2, 0) is 0 Å². The highest BCUT2D eigenvalue weighted by atomic mass is 19.1. The van der Waals surface area contributed by atoms with Crippen LogP contribution in [0.5, 0.6) is 0 Å². The number of azide groups is 1. The third kappa shape index (κ3) is 3.92. The first kappa shape index (κ1) is 14.3. The number of rotatable bonds is 3. The SMILES string of the molecule is [N-]=[N+]=Nc1ccc(NC(=O)Nc2ccc(F)cc2)cc1F. The van der Waals surface area contributed by atoms with Crippen molar-refractivity contribution in [2.75, 3.05) is 10.6 Å². The summed E-state index contributed by atoms with van der Waals surface area (Å²) >= 11 is 0. The summed E-state index contributed by atoms with van der Waals surface area (Å²) in [6.45, 7) is 0. The first-order valence-corrected chi connectivity index (χ1v) is 5.77. The van der Waals surface area contributed by atoms with E-state index in [1.54, 1.807) is 0 Å². The first-order chi connectivity index (χ1) is 10.1. The predicted molar refractivity (Wildman–Crippen MR) is 74.2 cm³/mol. The highest BCUT2D eigenvalue weighted by Gasteiger charge is 2.06. The summed E-state index contributed by atoms with van der Waals surface area (Å²) in [7, 11) is 0. The van der Waals surface area contributed by atoms with Crippen LogP contribution >= 0.6 is 0 Å². The molecule has 0 aliphatic heterocycles. The van der Waals surface area contributed by atoms with Crippen LogP contribution < -0.4 is 10.6 Å². The summed E-state index contributed by atoms with van der Waals surface area (Å²) in [6.07, 6.45) is 0. The van der Waals surface area contributed by atoms with Gasteiger partial charge in [-0.05, 0) is 48.0 Å². The Kier molecular flexibility index (Phi) is 4.33. The number of anilines is 2. The molecule has 106 valence electrons. The smallest absolute Gasteiger partial charge is 0.308 e. The molecule has 2 aromatic rings. The van der Waals surface area contributed by atoms with E-state index >= 15 is 0 Å². The van der Waals surface area contributed by atoms with Crippen molar-refractivity contribution in [2.45, 2.75) is 0 Å². The van der Waals surface area contributed by atoms with Gasteiger partial charge in [-0.25, -0.2) is 13.6 Å². The number of benzene rings is 2. The van der Waals surface area contributed by atoms with Crippen molar-refractivity contribution in [3.63, 3.8) is 0 Å². The zero-order valence-corrected chi connectivity index (χ0v) is 10.5. The monoisotopic (exact) mass is 289 g/mol. The summed E-state index contributed by atoms with van der Waals surface area (Å²) in [6, 6.07) is 8.21. The van der Waals surface area contributed by atoms with E-state index in [0.717, 1.165) is 6.07 Å². The van der Waals surface area contributed by atoms with E-state index in [1.165, 1.54) is 36.4 Å². The van der Waals surface area contributed by atoms with Gasteiger partial charge in [0.2, 0.25) is 0 Å². The molecular formula is C13H9F2N5O. The van der Waals surface area contributed by atoms with Crippen molar-refractivity contribution >= 4 is 23.1 Å². The van der Waals surface area contributed by atoms with Gasteiger partial charge in [-0.3, -0.25) is 0 Å². The number of nitrogens with zero attached hydrogens (tertiary/aromatic N) is 3. The van der Waals surface area contributed by atoms with Crippen LogP contribution in [-0.4, -0.2) is 6.03 Å². The van der Waals surface area contributed by atoms with E-state index in [4.69, 9.17) is 5.53 Å². The van der Waals surface area contributed by atoms with Crippen molar-refractivity contribution in [3.8, 4) is 0 Å². The summed E-state index contributed by atoms with van der Waals surface area (Å²) in [5.41, 5.74) is 8.64. The molecule has 6 nitrogen and oxygen atoms in total. The quantitative estimate of drug-likeness (QED) is 0.484. The Hall–Kier alpha value is -3.12. The average Bonchev–Trinajstić information content (AvgIpc) is 2.44. The molecule has 2 amide bonds. The minimum absolute atomic E-state index is 0.165. The summed E-state index contributed by atoms with van der Waals surface area (Å²) in [5.74, 6) is -1.18. The van der Waals surface area contributed by atoms with E-state index in [9.17, 15) is 13.6 Å². The van der Waals surface area contributed by atoms with Crippen LogP contribution in [0.2, 0.25) is 0 Å². The predicted octanol–water partition coefficient (Wildman–Crippen LogP) is 4.55. The molecule has 0 unspecified atom stereocenters. The van der Waals surface area contributed by atoms with Crippen LogP contribution in [0.25, 0.3) is 10.4 Å². The fourth-order valence-electron chi connectivity index (χ4n) is 1.54. The Labute approximate surface area is 118 Å². The van der Waals surface area contributed by atoms with Gasteiger partial charge in [0.1, 0.15) is 11.6 Å². The van der Waals surface area contributed by atoms with E-state index in [0.29, 0.717) is 5.69 Å². The van der Waals surface area contributed by atoms with Crippen molar-refractivity contribution < 1.29 is 13.6 Å². The zero-order chi connectivity index (χ0) is 15.2. The average molecular weight is 289 g/mol. The second-order valence-electron chi connectivity index (χ2n) is 3.94. The number of hydrogen-bond donors (Lipinski definition) is 2. The number of halogens is 2. The Balaban J connectivity index is 2.04.